The Morgan fingerprint density at radius 3 is 2.69 bits per heavy atom. The zero-order chi connectivity index (χ0) is 18.7. The normalized spacial score (nSPS) is 17.1. The Labute approximate surface area is 157 Å². The number of hydrogen-bond acceptors (Lipinski definition) is 6. The molecule has 3 rings (SSSR count). The summed E-state index contributed by atoms with van der Waals surface area (Å²) < 4.78 is 27.3. The average molecular weight is 396 g/mol. The summed E-state index contributed by atoms with van der Waals surface area (Å²) in [6, 6.07) is 8.20. The van der Waals surface area contributed by atoms with Crippen molar-refractivity contribution >= 4 is 27.0 Å². The molecule has 2 heterocycles. The van der Waals surface area contributed by atoms with Crippen molar-refractivity contribution in [2.75, 3.05) is 26.2 Å². The summed E-state index contributed by atoms with van der Waals surface area (Å²) >= 11 is 1.69. The first-order valence-electron chi connectivity index (χ1n) is 8.38. The standard InChI is InChI=1S/C17H21N3O4S2/c1-14-5-6-16(12-17(14)20(21)22)26(23,24)19-8-3-7-18(9-10-19)13-15-4-2-11-25-15/h2,4-6,11-12H,3,7-10,13H2,1H3. The van der Waals surface area contributed by atoms with Gasteiger partial charge in [-0.2, -0.15) is 4.31 Å². The summed E-state index contributed by atoms with van der Waals surface area (Å²) in [5, 5.41) is 13.2. The summed E-state index contributed by atoms with van der Waals surface area (Å²) in [6.07, 6.45) is 0.735. The molecule has 0 amide bonds. The smallest absolute Gasteiger partial charge is 0.273 e. The summed E-state index contributed by atoms with van der Waals surface area (Å²) in [5.74, 6) is 0. The SMILES string of the molecule is Cc1ccc(S(=O)(=O)N2CCCN(Cc3cccs3)CC2)cc1[N+](=O)[O-]. The fourth-order valence-corrected chi connectivity index (χ4v) is 5.30. The molecular formula is C17H21N3O4S2. The van der Waals surface area contributed by atoms with E-state index in [4.69, 9.17) is 0 Å². The third kappa shape index (κ3) is 4.12. The van der Waals surface area contributed by atoms with Crippen LogP contribution in [0.3, 0.4) is 0 Å². The Morgan fingerprint density at radius 1 is 1.19 bits per heavy atom. The largest absolute Gasteiger partial charge is 0.297 e. The quantitative estimate of drug-likeness (QED) is 0.574. The van der Waals surface area contributed by atoms with Crippen molar-refractivity contribution in [1.82, 2.24) is 9.21 Å². The Balaban J connectivity index is 1.75. The van der Waals surface area contributed by atoms with Crippen LogP contribution in [-0.4, -0.2) is 48.7 Å². The number of sulfonamides is 1. The van der Waals surface area contributed by atoms with Crippen LogP contribution in [0, 0.1) is 17.0 Å². The van der Waals surface area contributed by atoms with E-state index >= 15 is 0 Å². The molecule has 0 saturated carbocycles. The summed E-state index contributed by atoms with van der Waals surface area (Å²) in [7, 11) is -3.74. The van der Waals surface area contributed by atoms with Crippen molar-refractivity contribution in [2.24, 2.45) is 0 Å². The Bertz CT molecular complexity index is 881. The fraction of sp³-hybridized carbons (Fsp3) is 0.412. The number of nitrogens with zero attached hydrogens (tertiary/aromatic N) is 3. The molecule has 1 aromatic heterocycles. The second kappa shape index (κ2) is 7.83. The van der Waals surface area contributed by atoms with Crippen LogP contribution in [0.15, 0.2) is 40.6 Å². The predicted octanol–water partition coefficient (Wildman–Crippen LogP) is 2.86. The van der Waals surface area contributed by atoms with Gasteiger partial charge >= 0.3 is 0 Å². The first-order chi connectivity index (χ1) is 12.4. The van der Waals surface area contributed by atoms with Crippen molar-refractivity contribution in [1.29, 1.82) is 0 Å². The number of hydrogen-bond donors (Lipinski definition) is 0. The van der Waals surface area contributed by atoms with Crippen LogP contribution in [0.1, 0.15) is 16.9 Å². The predicted molar refractivity (Wildman–Crippen MR) is 101 cm³/mol. The van der Waals surface area contributed by atoms with Gasteiger partial charge in [-0.25, -0.2) is 8.42 Å². The van der Waals surface area contributed by atoms with Crippen LogP contribution in [0.4, 0.5) is 5.69 Å². The molecular weight excluding hydrogens is 374 g/mol. The van der Waals surface area contributed by atoms with E-state index in [1.807, 2.05) is 11.4 Å². The number of aryl methyl sites for hydroxylation is 1. The van der Waals surface area contributed by atoms with E-state index in [1.54, 1.807) is 18.3 Å². The lowest BCUT2D eigenvalue weighted by molar-refractivity contribution is -0.385. The Morgan fingerprint density at radius 2 is 2.00 bits per heavy atom. The topological polar surface area (TPSA) is 83.8 Å². The minimum absolute atomic E-state index is 0.0125. The molecule has 0 unspecified atom stereocenters. The van der Waals surface area contributed by atoms with Crippen LogP contribution in [-0.2, 0) is 16.6 Å². The number of nitro groups is 1. The molecule has 1 aliphatic heterocycles. The van der Waals surface area contributed by atoms with E-state index in [9.17, 15) is 18.5 Å². The van der Waals surface area contributed by atoms with Gasteiger partial charge < -0.3 is 0 Å². The molecule has 0 N–H and O–H groups in total. The van der Waals surface area contributed by atoms with Crippen LogP contribution in [0.25, 0.3) is 0 Å². The lowest BCUT2D eigenvalue weighted by Gasteiger charge is -2.21. The van der Waals surface area contributed by atoms with Gasteiger partial charge in [0.2, 0.25) is 10.0 Å². The average Bonchev–Trinajstić information content (AvgIpc) is 2.98. The second-order valence-electron chi connectivity index (χ2n) is 6.32. The molecule has 2 aromatic rings. The van der Waals surface area contributed by atoms with Crippen molar-refractivity contribution in [3.05, 3.63) is 56.3 Å². The van der Waals surface area contributed by atoms with Crippen LogP contribution < -0.4 is 0 Å². The minimum Gasteiger partial charge on any atom is -0.297 e. The molecule has 1 aliphatic rings. The maximum absolute atomic E-state index is 12.9. The van der Waals surface area contributed by atoms with Crippen molar-refractivity contribution in [2.45, 2.75) is 24.8 Å². The molecule has 7 nitrogen and oxygen atoms in total. The first-order valence-corrected chi connectivity index (χ1v) is 10.7. The van der Waals surface area contributed by atoms with Crippen molar-refractivity contribution in [3.63, 3.8) is 0 Å². The van der Waals surface area contributed by atoms with Gasteiger partial charge in [-0.05, 0) is 37.4 Å². The maximum atomic E-state index is 12.9. The maximum Gasteiger partial charge on any atom is 0.273 e. The molecule has 0 spiro atoms. The monoisotopic (exact) mass is 395 g/mol. The van der Waals surface area contributed by atoms with E-state index < -0.39 is 14.9 Å². The van der Waals surface area contributed by atoms with Crippen LogP contribution >= 0.6 is 11.3 Å². The number of benzene rings is 1. The van der Waals surface area contributed by atoms with Gasteiger partial charge in [-0.15, -0.1) is 11.3 Å². The van der Waals surface area contributed by atoms with E-state index in [2.05, 4.69) is 11.0 Å². The van der Waals surface area contributed by atoms with E-state index in [-0.39, 0.29) is 10.6 Å². The highest BCUT2D eigenvalue weighted by molar-refractivity contribution is 7.89. The van der Waals surface area contributed by atoms with E-state index in [0.29, 0.717) is 25.2 Å². The molecule has 1 aromatic carbocycles. The highest BCUT2D eigenvalue weighted by Gasteiger charge is 2.28. The van der Waals surface area contributed by atoms with E-state index in [0.717, 1.165) is 19.5 Å². The van der Waals surface area contributed by atoms with Gasteiger partial charge in [0.25, 0.3) is 5.69 Å². The molecule has 0 radical (unpaired) electrons. The van der Waals surface area contributed by atoms with Gasteiger partial charge in [0.05, 0.1) is 9.82 Å². The lowest BCUT2D eigenvalue weighted by Crippen LogP contribution is -2.35. The summed E-state index contributed by atoms with van der Waals surface area (Å²) in [5.41, 5.74) is 0.284. The molecule has 26 heavy (non-hydrogen) atoms. The molecule has 9 heteroatoms. The van der Waals surface area contributed by atoms with Gasteiger partial charge in [0, 0.05) is 42.7 Å². The molecule has 140 valence electrons. The summed E-state index contributed by atoms with van der Waals surface area (Å²) in [4.78, 5) is 14.1. The van der Waals surface area contributed by atoms with Crippen molar-refractivity contribution in [3.8, 4) is 0 Å². The molecule has 0 bridgehead atoms. The molecule has 1 saturated heterocycles. The first kappa shape index (κ1) is 19.0. The van der Waals surface area contributed by atoms with Crippen molar-refractivity contribution < 1.29 is 13.3 Å². The van der Waals surface area contributed by atoms with Gasteiger partial charge in [0.1, 0.15) is 0 Å². The van der Waals surface area contributed by atoms with E-state index in [1.165, 1.54) is 27.4 Å². The van der Waals surface area contributed by atoms with Gasteiger partial charge in [-0.1, -0.05) is 12.1 Å². The third-order valence-corrected chi connectivity index (χ3v) is 7.28. The third-order valence-electron chi connectivity index (χ3n) is 4.52. The fourth-order valence-electron chi connectivity index (χ4n) is 3.06. The molecule has 0 aliphatic carbocycles. The molecule has 0 atom stereocenters. The molecule has 1 fully saturated rings. The number of nitro benzene ring substituents is 1. The highest BCUT2D eigenvalue weighted by Crippen LogP contribution is 2.25. The van der Waals surface area contributed by atoms with Gasteiger partial charge in [-0.3, -0.25) is 15.0 Å². The zero-order valence-electron chi connectivity index (χ0n) is 14.5. The highest BCUT2D eigenvalue weighted by atomic mass is 32.2. The number of rotatable bonds is 5. The minimum atomic E-state index is -3.74. The Kier molecular flexibility index (Phi) is 5.71. The Hall–Kier alpha value is -1.81. The second-order valence-corrected chi connectivity index (χ2v) is 9.29. The number of thiophene rings is 1. The zero-order valence-corrected chi connectivity index (χ0v) is 16.1. The van der Waals surface area contributed by atoms with Gasteiger partial charge in [0.15, 0.2) is 0 Å². The van der Waals surface area contributed by atoms with Crippen LogP contribution in [0.5, 0.6) is 0 Å². The van der Waals surface area contributed by atoms with Crippen LogP contribution in [0.2, 0.25) is 0 Å². The summed E-state index contributed by atoms with van der Waals surface area (Å²) in [6.45, 7) is 4.70. The lowest BCUT2D eigenvalue weighted by atomic mass is 10.2.